The van der Waals surface area contributed by atoms with Crippen molar-refractivity contribution in [3.63, 3.8) is 0 Å². The van der Waals surface area contributed by atoms with Crippen molar-refractivity contribution in [2.45, 2.75) is 31.6 Å². The molecular formula is C15H22O5S. The second-order valence-corrected chi connectivity index (χ2v) is 6.76. The van der Waals surface area contributed by atoms with E-state index in [4.69, 9.17) is 13.7 Å². The van der Waals surface area contributed by atoms with Gasteiger partial charge in [-0.25, -0.2) is 0 Å². The lowest BCUT2D eigenvalue weighted by atomic mass is 10.0. The zero-order valence-electron chi connectivity index (χ0n) is 12.5. The van der Waals surface area contributed by atoms with Crippen LogP contribution in [0.5, 0.6) is 5.75 Å². The van der Waals surface area contributed by atoms with E-state index in [1.165, 1.54) is 0 Å². The maximum Gasteiger partial charge on any atom is 0.300 e. The van der Waals surface area contributed by atoms with Crippen LogP contribution in [0.15, 0.2) is 23.1 Å². The minimum absolute atomic E-state index is 0.0991. The van der Waals surface area contributed by atoms with Gasteiger partial charge in [-0.3, -0.25) is 4.18 Å². The van der Waals surface area contributed by atoms with Gasteiger partial charge < -0.3 is 9.47 Å². The van der Waals surface area contributed by atoms with Crippen molar-refractivity contribution in [1.29, 1.82) is 0 Å². The predicted molar refractivity (Wildman–Crippen MR) is 79.0 cm³/mol. The quantitative estimate of drug-likeness (QED) is 0.755. The summed E-state index contributed by atoms with van der Waals surface area (Å²) in [4.78, 5) is 0.0991. The molecule has 0 radical (unpaired) electrons. The van der Waals surface area contributed by atoms with Crippen molar-refractivity contribution in [3.05, 3.63) is 23.8 Å². The van der Waals surface area contributed by atoms with Crippen molar-refractivity contribution in [2.75, 3.05) is 26.4 Å². The molecule has 0 saturated carbocycles. The molecule has 0 aromatic heterocycles. The van der Waals surface area contributed by atoms with E-state index in [0.717, 1.165) is 31.6 Å². The number of rotatable bonds is 6. The van der Waals surface area contributed by atoms with Crippen LogP contribution in [0.4, 0.5) is 0 Å². The molecule has 21 heavy (non-hydrogen) atoms. The molecule has 0 aliphatic carbocycles. The molecule has 1 saturated heterocycles. The molecule has 1 fully saturated rings. The van der Waals surface area contributed by atoms with Crippen molar-refractivity contribution < 1.29 is 22.1 Å². The lowest BCUT2D eigenvalue weighted by molar-refractivity contribution is 0.0492. The Bertz CT molecular complexity index is 561. The average Bonchev–Trinajstić information content (AvgIpc) is 2.46. The van der Waals surface area contributed by atoms with Gasteiger partial charge in [0.05, 0.1) is 13.2 Å². The van der Waals surface area contributed by atoms with Crippen LogP contribution >= 0.6 is 0 Å². The van der Waals surface area contributed by atoms with E-state index in [1.807, 2.05) is 6.92 Å². The number of hydrogen-bond acceptors (Lipinski definition) is 5. The van der Waals surface area contributed by atoms with E-state index in [9.17, 15) is 8.42 Å². The Balaban J connectivity index is 2.15. The van der Waals surface area contributed by atoms with Crippen molar-refractivity contribution >= 4 is 10.1 Å². The monoisotopic (exact) mass is 314 g/mol. The van der Waals surface area contributed by atoms with Gasteiger partial charge in [-0.15, -0.1) is 0 Å². The van der Waals surface area contributed by atoms with E-state index < -0.39 is 10.1 Å². The normalized spacial score (nSPS) is 16.9. The summed E-state index contributed by atoms with van der Waals surface area (Å²) in [5.74, 6) is 0.775. The second-order valence-electron chi connectivity index (χ2n) is 5.18. The summed E-state index contributed by atoms with van der Waals surface area (Å²) < 4.78 is 40.1. The molecule has 1 heterocycles. The minimum atomic E-state index is -3.76. The topological polar surface area (TPSA) is 61.8 Å². The first kappa shape index (κ1) is 16.3. The first-order valence-corrected chi connectivity index (χ1v) is 8.64. The Morgan fingerprint density at radius 1 is 1.29 bits per heavy atom. The highest BCUT2D eigenvalue weighted by Crippen LogP contribution is 2.28. The molecule has 5 nitrogen and oxygen atoms in total. The molecule has 6 heteroatoms. The van der Waals surface area contributed by atoms with Gasteiger partial charge in [0.15, 0.2) is 0 Å². The molecular weight excluding hydrogens is 292 g/mol. The summed E-state index contributed by atoms with van der Waals surface area (Å²) in [6.07, 6.45) is 1.89. The van der Waals surface area contributed by atoms with Gasteiger partial charge in [0, 0.05) is 13.2 Å². The Kier molecular flexibility index (Phi) is 5.61. The summed E-state index contributed by atoms with van der Waals surface area (Å²) in [5, 5.41) is 0. The van der Waals surface area contributed by atoms with Crippen LogP contribution < -0.4 is 4.74 Å². The van der Waals surface area contributed by atoms with Crippen LogP contribution in [0.1, 0.15) is 25.3 Å². The van der Waals surface area contributed by atoms with Gasteiger partial charge in [-0.05, 0) is 50.3 Å². The fraction of sp³-hybridized carbons (Fsp3) is 0.600. The lowest BCUT2D eigenvalue weighted by Crippen LogP contribution is -2.22. The summed E-state index contributed by atoms with van der Waals surface area (Å²) in [5.41, 5.74) is 0.951. The maximum atomic E-state index is 12.1. The van der Waals surface area contributed by atoms with E-state index >= 15 is 0 Å². The van der Waals surface area contributed by atoms with Gasteiger partial charge in [-0.2, -0.15) is 8.42 Å². The Morgan fingerprint density at radius 3 is 2.67 bits per heavy atom. The van der Waals surface area contributed by atoms with E-state index in [2.05, 4.69) is 0 Å². The largest absolute Gasteiger partial charge is 0.492 e. The van der Waals surface area contributed by atoms with E-state index in [-0.39, 0.29) is 11.5 Å². The van der Waals surface area contributed by atoms with Crippen LogP contribution in [0.25, 0.3) is 0 Å². The van der Waals surface area contributed by atoms with Crippen LogP contribution in [-0.4, -0.2) is 34.8 Å². The van der Waals surface area contributed by atoms with Gasteiger partial charge in [0.1, 0.15) is 10.6 Å². The SMILES string of the molecule is CCOS(=O)(=O)c1ccc(C)cc1OCC1CCOCC1. The van der Waals surface area contributed by atoms with Gasteiger partial charge in [0.2, 0.25) is 0 Å². The number of hydrogen-bond donors (Lipinski definition) is 0. The molecule has 118 valence electrons. The maximum absolute atomic E-state index is 12.1. The molecule has 0 bridgehead atoms. The smallest absolute Gasteiger partial charge is 0.300 e. The molecule has 0 atom stereocenters. The summed E-state index contributed by atoms with van der Waals surface area (Å²) in [6, 6.07) is 5.03. The third-order valence-corrected chi connectivity index (χ3v) is 4.88. The fourth-order valence-electron chi connectivity index (χ4n) is 2.27. The van der Waals surface area contributed by atoms with Crippen LogP contribution in [0.3, 0.4) is 0 Å². The molecule has 1 aromatic rings. The Morgan fingerprint density at radius 2 is 2.00 bits per heavy atom. The number of ether oxygens (including phenoxy) is 2. The van der Waals surface area contributed by atoms with Crippen LogP contribution in [0.2, 0.25) is 0 Å². The zero-order chi connectivity index (χ0) is 15.3. The molecule has 1 aliphatic heterocycles. The Hall–Kier alpha value is -1.11. The third kappa shape index (κ3) is 4.43. The summed E-state index contributed by atoms with van der Waals surface area (Å²) in [7, 11) is -3.76. The second kappa shape index (κ2) is 7.24. The fourth-order valence-corrected chi connectivity index (χ4v) is 3.31. The molecule has 0 unspecified atom stereocenters. The van der Waals surface area contributed by atoms with Crippen molar-refractivity contribution in [3.8, 4) is 5.75 Å². The molecule has 0 spiro atoms. The highest BCUT2D eigenvalue weighted by molar-refractivity contribution is 7.86. The minimum Gasteiger partial charge on any atom is -0.492 e. The average molecular weight is 314 g/mol. The standard InChI is InChI=1S/C15H22O5S/c1-3-20-21(16,17)15-5-4-12(2)10-14(15)19-11-13-6-8-18-9-7-13/h4-5,10,13H,3,6-9,11H2,1-2H3. The van der Waals surface area contributed by atoms with E-state index in [0.29, 0.717) is 18.3 Å². The van der Waals surface area contributed by atoms with Crippen LogP contribution in [-0.2, 0) is 19.0 Å². The Labute approximate surface area is 126 Å². The van der Waals surface area contributed by atoms with E-state index in [1.54, 1.807) is 25.1 Å². The molecule has 1 aromatic carbocycles. The number of aryl methyl sites for hydroxylation is 1. The lowest BCUT2D eigenvalue weighted by Gasteiger charge is -2.22. The number of benzene rings is 1. The highest BCUT2D eigenvalue weighted by Gasteiger charge is 2.22. The predicted octanol–water partition coefficient (Wildman–Crippen LogP) is 2.53. The van der Waals surface area contributed by atoms with Gasteiger partial charge >= 0.3 is 10.1 Å². The summed E-state index contributed by atoms with van der Waals surface area (Å²) >= 11 is 0. The van der Waals surface area contributed by atoms with Crippen molar-refractivity contribution in [2.24, 2.45) is 5.92 Å². The summed E-state index contributed by atoms with van der Waals surface area (Å²) in [6.45, 7) is 5.64. The van der Waals surface area contributed by atoms with Crippen LogP contribution in [0, 0.1) is 12.8 Å². The molecule has 0 N–H and O–H groups in total. The third-order valence-electron chi connectivity index (χ3n) is 3.46. The molecule has 1 aliphatic rings. The highest BCUT2D eigenvalue weighted by atomic mass is 32.2. The van der Waals surface area contributed by atoms with Crippen molar-refractivity contribution in [1.82, 2.24) is 0 Å². The molecule has 0 amide bonds. The van der Waals surface area contributed by atoms with Gasteiger partial charge in [-0.1, -0.05) is 6.07 Å². The van der Waals surface area contributed by atoms with Gasteiger partial charge in [0.25, 0.3) is 0 Å². The molecule has 2 rings (SSSR count). The first-order chi connectivity index (χ1) is 10.0. The first-order valence-electron chi connectivity index (χ1n) is 7.23. The zero-order valence-corrected chi connectivity index (χ0v) is 13.3.